The van der Waals surface area contributed by atoms with Gasteiger partial charge in [0.15, 0.2) is 6.10 Å². The van der Waals surface area contributed by atoms with E-state index in [1.54, 1.807) is 24.9 Å². The first-order chi connectivity index (χ1) is 16.1. The Labute approximate surface area is 200 Å². The van der Waals surface area contributed by atoms with Gasteiger partial charge in [0.25, 0.3) is 5.91 Å². The molecule has 182 valence electrons. The van der Waals surface area contributed by atoms with E-state index >= 15 is 0 Å². The molecular weight excluding hydrogens is 454 g/mol. The van der Waals surface area contributed by atoms with Crippen LogP contribution in [0.25, 0.3) is 0 Å². The van der Waals surface area contributed by atoms with Crippen LogP contribution in [-0.2, 0) is 19.6 Å². The molecule has 9 heteroatoms. The fourth-order valence-corrected chi connectivity index (χ4v) is 6.25. The van der Waals surface area contributed by atoms with Gasteiger partial charge < -0.3 is 15.0 Å². The van der Waals surface area contributed by atoms with Crippen molar-refractivity contribution >= 4 is 33.2 Å². The molecule has 0 spiro atoms. The highest BCUT2D eigenvalue weighted by Crippen LogP contribution is 2.37. The minimum atomic E-state index is -3.86. The Morgan fingerprint density at radius 1 is 1.21 bits per heavy atom. The second-order valence-corrected chi connectivity index (χ2v) is 11.0. The third-order valence-electron chi connectivity index (χ3n) is 6.57. The maximum atomic E-state index is 13.6. The Bertz CT molecular complexity index is 1210. The number of hydrogen-bond acceptors (Lipinski definition) is 5. The summed E-state index contributed by atoms with van der Waals surface area (Å²) in [5.41, 5.74) is 2.87. The first-order valence-electron chi connectivity index (χ1n) is 11.6. The lowest BCUT2D eigenvalue weighted by Crippen LogP contribution is -2.46. The standard InChI is InChI=1S/C25H31N3O5S/c1-5-21-24(29)26-20-13-17(3)23(14-22(20)33-21)34(31,32)28-12-6-7-18(15-28)25(30)27(4)19-10-8-16(2)9-11-19/h8-11,13-14,18,21H,5-7,12,15H2,1-4H3,(H,26,29)/t18-,21+/m1/s1. The maximum Gasteiger partial charge on any atom is 0.265 e. The number of piperidine rings is 1. The average Bonchev–Trinajstić information content (AvgIpc) is 2.83. The van der Waals surface area contributed by atoms with Gasteiger partial charge in [0, 0.05) is 31.9 Å². The normalized spacial score (nSPS) is 20.8. The zero-order chi connectivity index (χ0) is 24.6. The van der Waals surface area contributed by atoms with Crippen LogP contribution in [0.1, 0.15) is 37.3 Å². The lowest BCUT2D eigenvalue weighted by molar-refractivity contribution is -0.124. The summed E-state index contributed by atoms with van der Waals surface area (Å²) in [5.74, 6) is -0.407. The third-order valence-corrected chi connectivity index (χ3v) is 8.58. The van der Waals surface area contributed by atoms with Crippen LogP contribution in [0.2, 0.25) is 0 Å². The monoisotopic (exact) mass is 485 g/mol. The molecule has 2 aromatic rings. The van der Waals surface area contributed by atoms with E-state index < -0.39 is 22.0 Å². The van der Waals surface area contributed by atoms with E-state index in [0.29, 0.717) is 42.8 Å². The molecule has 1 N–H and O–H groups in total. The molecule has 0 unspecified atom stereocenters. The second-order valence-electron chi connectivity index (χ2n) is 9.05. The molecule has 8 nitrogen and oxygen atoms in total. The van der Waals surface area contributed by atoms with Crippen LogP contribution < -0.4 is 15.0 Å². The highest BCUT2D eigenvalue weighted by Gasteiger charge is 2.36. The fourth-order valence-electron chi connectivity index (χ4n) is 4.50. The lowest BCUT2D eigenvalue weighted by Gasteiger charge is -2.34. The van der Waals surface area contributed by atoms with Crippen LogP contribution >= 0.6 is 0 Å². The molecule has 0 aromatic heterocycles. The summed E-state index contributed by atoms with van der Waals surface area (Å²) in [7, 11) is -2.13. The summed E-state index contributed by atoms with van der Waals surface area (Å²) in [6, 6.07) is 10.8. The largest absolute Gasteiger partial charge is 0.478 e. The minimum Gasteiger partial charge on any atom is -0.478 e. The number of nitrogens with zero attached hydrogens (tertiary/aromatic N) is 2. The number of fused-ring (bicyclic) bond motifs is 1. The number of hydrogen-bond donors (Lipinski definition) is 1. The van der Waals surface area contributed by atoms with Crippen LogP contribution in [0.5, 0.6) is 5.75 Å². The topological polar surface area (TPSA) is 96.0 Å². The highest BCUT2D eigenvalue weighted by atomic mass is 32.2. The van der Waals surface area contributed by atoms with Gasteiger partial charge in [-0.2, -0.15) is 4.31 Å². The summed E-state index contributed by atoms with van der Waals surface area (Å²) < 4.78 is 34.4. The van der Waals surface area contributed by atoms with Gasteiger partial charge >= 0.3 is 0 Å². The predicted molar refractivity (Wildman–Crippen MR) is 131 cm³/mol. The summed E-state index contributed by atoms with van der Waals surface area (Å²) in [6.07, 6.45) is 1.06. The van der Waals surface area contributed by atoms with Gasteiger partial charge in [0.05, 0.1) is 16.5 Å². The Morgan fingerprint density at radius 3 is 2.59 bits per heavy atom. The first kappa shape index (κ1) is 24.2. The average molecular weight is 486 g/mol. The number of benzene rings is 2. The molecule has 4 rings (SSSR count). The van der Waals surface area contributed by atoms with Crippen molar-refractivity contribution in [1.29, 1.82) is 0 Å². The first-order valence-corrected chi connectivity index (χ1v) is 13.0. The quantitative estimate of drug-likeness (QED) is 0.700. The van der Waals surface area contributed by atoms with Gasteiger partial charge in [0.2, 0.25) is 15.9 Å². The Morgan fingerprint density at radius 2 is 1.91 bits per heavy atom. The Hall–Kier alpha value is -2.91. The van der Waals surface area contributed by atoms with E-state index in [1.807, 2.05) is 38.1 Å². The molecule has 2 amide bonds. The van der Waals surface area contributed by atoms with Crippen LogP contribution in [0.4, 0.5) is 11.4 Å². The second kappa shape index (κ2) is 9.38. The summed E-state index contributed by atoms with van der Waals surface area (Å²) >= 11 is 0. The molecule has 0 aliphatic carbocycles. The van der Waals surface area contributed by atoms with Crippen LogP contribution in [0.15, 0.2) is 41.3 Å². The van der Waals surface area contributed by atoms with Crippen LogP contribution in [0, 0.1) is 19.8 Å². The Balaban J connectivity index is 1.56. The maximum absolute atomic E-state index is 13.6. The highest BCUT2D eigenvalue weighted by molar-refractivity contribution is 7.89. The third kappa shape index (κ3) is 4.54. The number of aryl methyl sites for hydroxylation is 2. The smallest absolute Gasteiger partial charge is 0.265 e. The van der Waals surface area contributed by atoms with E-state index in [1.165, 1.54) is 10.4 Å². The van der Waals surface area contributed by atoms with Crippen molar-refractivity contribution in [2.45, 2.75) is 51.0 Å². The number of carbonyl (C=O) groups excluding carboxylic acids is 2. The molecule has 1 fully saturated rings. The van der Waals surface area contributed by atoms with Gasteiger partial charge in [-0.25, -0.2) is 8.42 Å². The molecule has 2 aliphatic heterocycles. The number of ether oxygens (including phenoxy) is 1. The Kier molecular flexibility index (Phi) is 6.69. The van der Waals surface area contributed by atoms with Gasteiger partial charge in [-0.3, -0.25) is 9.59 Å². The molecule has 0 saturated carbocycles. The van der Waals surface area contributed by atoms with Crippen molar-refractivity contribution in [3.05, 3.63) is 47.5 Å². The number of anilines is 2. The number of carbonyl (C=O) groups is 2. The summed E-state index contributed by atoms with van der Waals surface area (Å²) in [6.45, 7) is 6.00. The van der Waals surface area contributed by atoms with Crippen molar-refractivity contribution in [1.82, 2.24) is 4.31 Å². The minimum absolute atomic E-state index is 0.0947. The van der Waals surface area contributed by atoms with Gasteiger partial charge in [0.1, 0.15) is 5.75 Å². The van der Waals surface area contributed by atoms with E-state index in [4.69, 9.17) is 4.74 Å². The van der Waals surface area contributed by atoms with E-state index in [9.17, 15) is 18.0 Å². The van der Waals surface area contributed by atoms with Crippen molar-refractivity contribution in [2.24, 2.45) is 5.92 Å². The molecule has 0 radical (unpaired) electrons. The van der Waals surface area contributed by atoms with E-state index in [-0.39, 0.29) is 23.3 Å². The molecule has 2 atom stereocenters. The van der Waals surface area contributed by atoms with Crippen molar-refractivity contribution < 1.29 is 22.7 Å². The number of nitrogens with one attached hydrogen (secondary N) is 1. The van der Waals surface area contributed by atoms with E-state index in [2.05, 4.69) is 5.32 Å². The fraction of sp³-hybridized carbons (Fsp3) is 0.440. The molecule has 34 heavy (non-hydrogen) atoms. The molecule has 0 bridgehead atoms. The molecular formula is C25H31N3O5S. The zero-order valence-electron chi connectivity index (χ0n) is 20.0. The zero-order valence-corrected chi connectivity index (χ0v) is 20.8. The number of amides is 2. The number of rotatable bonds is 5. The molecule has 2 aromatic carbocycles. The van der Waals surface area contributed by atoms with Gasteiger partial charge in [-0.05, 0) is 56.9 Å². The molecule has 2 heterocycles. The molecule has 2 aliphatic rings. The lowest BCUT2D eigenvalue weighted by atomic mass is 9.98. The van der Waals surface area contributed by atoms with Crippen LogP contribution in [0.3, 0.4) is 0 Å². The van der Waals surface area contributed by atoms with E-state index in [0.717, 1.165) is 11.3 Å². The number of sulfonamides is 1. The van der Waals surface area contributed by atoms with Gasteiger partial charge in [-0.1, -0.05) is 24.6 Å². The van der Waals surface area contributed by atoms with Crippen molar-refractivity contribution in [3.63, 3.8) is 0 Å². The summed E-state index contributed by atoms with van der Waals surface area (Å²) in [5, 5.41) is 2.79. The molecule has 1 saturated heterocycles. The van der Waals surface area contributed by atoms with Gasteiger partial charge in [-0.15, -0.1) is 0 Å². The van der Waals surface area contributed by atoms with Crippen molar-refractivity contribution in [3.8, 4) is 5.75 Å². The van der Waals surface area contributed by atoms with Crippen molar-refractivity contribution in [2.75, 3.05) is 30.4 Å². The van der Waals surface area contributed by atoms with Crippen LogP contribution in [-0.4, -0.2) is 50.8 Å². The summed E-state index contributed by atoms with van der Waals surface area (Å²) in [4.78, 5) is 27.0. The SMILES string of the molecule is CC[C@@H]1Oc2cc(S(=O)(=O)N3CCC[C@@H](C(=O)N(C)c4ccc(C)cc4)C3)c(C)cc2NC1=O. The predicted octanol–water partition coefficient (Wildman–Crippen LogP) is 3.48.